The molecule has 1 aromatic rings. The summed E-state index contributed by atoms with van der Waals surface area (Å²) < 4.78 is 38.4. The Bertz CT molecular complexity index is 441. The van der Waals surface area contributed by atoms with E-state index in [-0.39, 0.29) is 11.0 Å². The van der Waals surface area contributed by atoms with Crippen LogP contribution in [0.15, 0.2) is 17.9 Å². The van der Waals surface area contributed by atoms with Crippen LogP contribution in [0, 0.1) is 6.92 Å². The number of hydrogen-bond acceptors (Lipinski definition) is 2. The smallest absolute Gasteiger partial charge is 0.388 e. The lowest BCUT2D eigenvalue weighted by molar-refractivity contribution is -0.0692. The topological polar surface area (TPSA) is 43.8 Å². The van der Waals surface area contributed by atoms with E-state index in [0.717, 1.165) is 10.8 Å². The van der Waals surface area contributed by atoms with Crippen LogP contribution in [0.5, 0.6) is 0 Å². The van der Waals surface area contributed by atoms with Crippen LogP contribution in [0.3, 0.4) is 0 Å². The zero-order valence-corrected chi connectivity index (χ0v) is 9.10. The summed E-state index contributed by atoms with van der Waals surface area (Å²) in [6, 6.07) is 0. The molecule has 3 nitrogen and oxygen atoms in total. The van der Waals surface area contributed by atoms with Crippen molar-refractivity contribution < 1.29 is 13.2 Å². The van der Waals surface area contributed by atoms with Gasteiger partial charge in [0.1, 0.15) is 11.0 Å². The third-order valence-electron chi connectivity index (χ3n) is 1.73. The van der Waals surface area contributed by atoms with Crippen molar-refractivity contribution in [3.8, 4) is 0 Å². The van der Waals surface area contributed by atoms with Gasteiger partial charge in [0.25, 0.3) is 0 Å². The number of nitrogens with two attached hydrogens (primary N) is 1. The molecule has 88 valence electrons. The third kappa shape index (κ3) is 2.79. The minimum atomic E-state index is -4.54. The lowest BCUT2D eigenvalue weighted by Gasteiger charge is -2.09. The molecule has 0 aromatic carbocycles. The molecule has 0 aliphatic rings. The van der Waals surface area contributed by atoms with Crippen LogP contribution in [0.2, 0.25) is 0 Å². The van der Waals surface area contributed by atoms with Crippen molar-refractivity contribution in [1.29, 1.82) is 0 Å². The molecule has 0 bridgehead atoms. The van der Waals surface area contributed by atoms with E-state index in [4.69, 9.17) is 17.3 Å². The van der Waals surface area contributed by atoms with E-state index in [2.05, 4.69) is 11.6 Å². The average molecular weight is 252 g/mol. The fourth-order valence-electron chi connectivity index (χ4n) is 1.10. The van der Waals surface area contributed by atoms with E-state index >= 15 is 0 Å². The van der Waals surface area contributed by atoms with Crippen LogP contribution in [-0.2, 0) is 0 Å². The lowest BCUT2D eigenvalue weighted by Crippen LogP contribution is -2.13. The van der Waals surface area contributed by atoms with Gasteiger partial charge in [-0.15, -0.1) is 0 Å². The molecule has 0 aliphatic heterocycles. The Labute approximate surface area is 95.0 Å². The van der Waals surface area contributed by atoms with E-state index in [1.807, 2.05) is 0 Å². The van der Waals surface area contributed by atoms with Gasteiger partial charge in [0.2, 0.25) is 0 Å². The molecule has 0 saturated carbocycles. The summed E-state index contributed by atoms with van der Waals surface area (Å²) in [7, 11) is 0. The molecule has 0 unspecified atom stereocenters. The number of rotatable bonds is 2. The first-order valence-corrected chi connectivity index (χ1v) is 4.54. The van der Waals surface area contributed by atoms with Crippen LogP contribution in [0.25, 0.3) is 11.8 Å². The van der Waals surface area contributed by atoms with Crippen molar-refractivity contribution in [2.75, 3.05) is 0 Å². The summed E-state index contributed by atoms with van der Waals surface area (Å²) in [6.07, 6.45) is -2.03. The number of allylic oxidation sites excluding steroid dienone is 1. The maximum absolute atomic E-state index is 12.4. The van der Waals surface area contributed by atoms with E-state index < -0.39 is 11.7 Å². The monoisotopic (exact) mass is 251 g/mol. The largest absolute Gasteiger partial charge is 0.419 e. The first-order chi connectivity index (χ1) is 7.21. The summed E-state index contributed by atoms with van der Waals surface area (Å²) in [5, 5.41) is -0.145. The second kappa shape index (κ2) is 4.21. The molecule has 16 heavy (non-hydrogen) atoms. The predicted octanol–water partition coefficient (Wildman–Crippen LogP) is 2.72. The molecule has 0 saturated heterocycles. The van der Waals surface area contributed by atoms with Gasteiger partial charge in [0.15, 0.2) is 0 Å². The Morgan fingerprint density at radius 3 is 2.62 bits per heavy atom. The molecule has 0 spiro atoms. The minimum Gasteiger partial charge on any atom is -0.388 e. The average Bonchev–Trinajstić information content (AvgIpc) is 2.42. The predicted molar refractivity (Wildman–Crippen MR) is 56.4 cm³/mol. The fourth-order valence-corrected chi connectivity index (χ4v) is 1.20. The normalized spacial score (nSPS) is 12.9. The number of alkyl halides is 3. The highest BCUT2D eigenvalue weighted by Gasteiger charge is 2.35. The molecular formula is C9H9ClF3N3. The van der Waals surface area contributed by atoms with Gasteiger partial charge in [-0.25, -0.2) is 4.98 Å². The van der Waals surface area contributed by atoms with Gasteiger partial charge in [0.05, 0.1) is 11.3 Å². The maximum atomic E-state index is 12.4. The number of halogens is 4. The van der Waals surface area contributed by atoms with Gasteiger partial charge < -0.3 is 10.3 Å². The van der Waals surface area contributed by atoms with Gasteiger partial charge in [-0.05, 0) is 6.92 Å². The molecule has 0 fully saturated rings. The van der Waals surface area contributed by atoms with E-state index in [0.29, 0.717) is 5.69 Å². The van der Waals surface area contributed by atoms with Crippen molar-refractivity contribution in [2.45, 2.75) is 13.1 Å². The van der Waals surface area contributed by atoms with Crippen LogP contribution in [0.1, 0.15) is 11.5 Å². The second-order valence-electron chi connectivity index (χ2n) is 3.10. The minimum absolute atomic E-state index is 0.145. The number of imidazole rings is 1. The molecule has 1 heterocycles. The molecule has 1 aromatic heterocycles. The summed E-state index contributed by atoms with van der Waals surface area (Å²) in [6.45, 7) is 4.51. The van der Waals surface area contributed by atoms with Gasteiger partial charge in [-0.3, -0.25) is 0 Å². The first-order valence-electron chi connectivity index (χ1n) is 4.16. The summed E-state index contributed by atoms with van der Waals surface area (Å²) >= 11 is 5.39. The molecule has 0 amide bonds. The number of aromatic nitrogens is 2. The van der Waals surface area contributed by atoms with Crippen LogP contribution in [0.4, 0.5) is 13.2 Å². The highest BCUT2D eigenvalue weighted by Crippen LogP contribution is 2.31. The third-order valence-corrected chi connectivity index (χ3v) is 1.82. The number of nitrogens with zero attached hydrogens (tertiary/aromatic N) is 2. The highest BCUT2D eigenvalue weighted by atomic mass is 35.5. The first kappa shape index (κ1) is 12.6. The van der Waals surface area contributed by atoms with Crippen molar-refractivity contribution >= 4 is 23.4 Å². The van der Waals surface area contributed by atoms with E-state index in [1.54, 1.807) is 6.92 Å². The van der Waals surface area contributed by atoms with Gasteiger partial charge >= 0.3 is 6.18 Å². The Morgan fingerprint density at radius 2 is 2.19 bits per heavy atom. The fraction of sp³-hybridized carbons (Fsp3) is 0.222. The molecular weight excluding hydrogens is 243 g/mol. The number of aryl methyl sites for hydroxylation is 1. The molecule has 0 radical (unpaired) electrons. The molecule has 2 N–H and O–H groups in total. The lowest BCUT2D eigenvalue weighted by atomic mass is 10.3. The summed E-state index contributed by atoms with van der Waals surface area (Å²) in [4.78, 5) is 3.71. The van der Waals surface area contributed by atoms with Gasteiger partial charge in [-0.1, -0.05) is 18.2 Å². The second-order valence-corrected chi connectivity index (χ2v) is 3.54. The zero-order chi connectivity index (χ0) is 12.5. The van der Waals surface area contributed by atoms with Gasteiger partial charge in [-0.2, -0.15) is 13.2 Å². The van der Waals surface area contributed by atoms with Crippen LogP contribution < -0.4 is 5.73 Å². The van der Waals surface area contributed by atoms with Crippen LogP contribution >= 0.6 is 11.6 Å². The Kier molecular flexibility index (Phi) is 3.32. The van der Waals surface area contributed by atoms with Crippen molar-refractivity contribution in [2.24, 2.45) is 5.73 Å². The van der Waals surface area contributed by atoms with E-state index in [1.165, 1.54) is 6.20 Å². The number of hydrogen-bond donors (Lipinski definition) is 1. The molecule has 0 atom stereocenters. The van der Waals surface area contributed by atoms with Crippen molar-refractivity contribution in [1.82, 2.24) is 9.55 Å². The highest BCUT2D eigenvalue weighted by molar-refractivity contribution is 6.30. The standard InChI is InChI=1S/C9H9ClF3N3/c1-5-3-16(4-7(10)14)8(15-5)6(2)9(11,12)13/h3-4H,2,14H2,1H3/b7-4-. The Morgan fingerprint density at radius 1 is 1.62 bits per heavy atom. The zero-order valence-electron chi connectivity index (χ0n) is 8.35. The van der Waals surface area contributed by atoms with Crippen LogP contribution in [-0.4, -0.2) is 15.7 Å². The van der Waals surface area contributed by atoms with Gasteiger partial charge in [0, 0.05) is 12.4 Å². The summed E-state index contributed by atoms with van der Waals surface area (Å²) in [5.74, 6) is -0.325. The summed E-state index contributed by atoms with van der Waals surface area (Å²) in [5.41, 5.74) is 4.54. The SMILES string of the molecule is C=C(c1nc(C)cn1/C=C(\N)Cl)C(F)(F)F. The molecule has 0 aliphatic carbocycles. The van der Waals surface area contributed by atoms with E-state index in [9.17, 15) is 13.2 Å². The molecule has 7 heteroatoms. The van der Waals surface area contributed by atoms with Crippen molar-refractivity contribution in [3.63, 3.8) is 0 Å². The maximum Gasteiger partial charge on any atom is 0.419 e. The molecule has 1 rings (SSSR count). The van der Waals surface area contributed by atoms with Crippen molar-refractivity contribution in [3.05, 3.63) is 29.5 Å². The quantitative estimate of drug-likeness (QED) is 0.822. The Hall–Kier alpha value is -1.43. The Balaban J connectivity index is 3.24.